The van der Waals surface area contributed by atoms with E-state index in [-0.39, 0.29) is 12.5 Å². The van der Waals surface area contributed by atoms with Crippen molar-refractivity contribution in [2.24, 2.45) is 0 Å². The third kappa shape index (κ3) is 4.22. The van der Waals surface area contributed by atoms with Crippen molar-refractivity contribution in [2.45, 2.75) is 0 Å². The normalized spacial score (nSPS) is 10.7. The first-order chi connectivity index (χ1) is 13.8. The van der Waals surface area contributed by atoms with E-state index in [1.54, 1.807) is 0 Å². The predicted octanol–water partition coefficient (Wildman–Crippen LogP) is 4.58. The van der Waals surface area contributed by atoms with Gasteiger partial charge in [-0.3, -0.25) is 9.63 Å². The number of hydrogen-bond acceptors (Lipinski definition) is 3. The average Bonchev–Trinajstić information content (AvgIpc) is 3.18. The number of ether oxygens (including phenoxy) is 1. The van der Waals surface area contributed by atoms with Gasteiger partial charge in [-0.25, -0.2) is 5.48 Å². The third-order valence-electron chi connectivity index (χ3n) is 4.33. The SMILES string of the molecule is O=C(NOCCOc1ccccc1)c1cc2cc(-c3ccccc3)ccc2[nH]1. The molecule has 0 saturated heterocycles. The summed E-state index contributed by atoms with van der Waals surface area (Å²) in [5, 5.41) is 0.971. The standard InChI is InChI=1S/C23H20N2O3/c26-23(25-28-14-13-27-20-9-5-2-6-10-20)22-16-19-15-18(11-12-21(19)24-22)17-7-3-1-4-8-17/h1-12,15-16,24H,13-14H2,(H,25,26). The number of amides is 1. The highest BCUT2D eigenvalue weighted by Crippen LogP contribution is 2.24. The summed E-state index contributed by atoms with van der Waals surface area (Å²) in [7, 11) is 0. The Hall–Kier alpha value is -3.57. The summed E-state index contributed by atoms with van der Waals surface area (Å²) in [6.45, 7) is 0.594. The van der Waals surface area contributed by atoms with Crippen LogP contribution in [0, 0.1) is 0 Å². The summed E-state index contributed by atoms with van der Waals surface area (Å²) in [5.41, 5.74) is 6.03. The minimum absolute atomic E-state index is 0.249. The van der Waals surface area contributed by atoms with Crippen LogP contribution in [-0.4, -0.2) is 24.1 Å². The van der Waals surface area contributed by atoms with Gasteiger partial charge in [0.05, 0.1) is 0 Å². The van der Waals surface area contributed by atoms with Crippen LogP contribution in [0.1, 0.15) is 10.5 Å². The number of nitrogens with one attached hydrogen (secondary N) is 2. The molecule has 0 fully saturated rings. The van der Waals surface area contributed by atoms with E-state index in [0.29, 0.717) is 12.3 Å². The monoisotopic (exact) mass is 372 g/mol. The molecule has 0 aliphatic rings. The van der Waals surface area contributed by atoms with E-state index in [2.05, 4.69) is 28.7 Å². The van der Waals surface area contributed by atoms with Gasteiger partial charge in [0.25, 0.3) is 5.91 Å². The Kier molecular flexibility index (Phi) is 5.36. The number of aromatic nitrogens is 1. The van der Waals surface area contributed by atoms with Crippen molar-refractivity contribution in [1.29, 1.82) is 0 Å². The largest absolute Gasteiger partial charge is 0.491 e. The molecule has 3 aromatic carbocycles. The minimum atomic E-state index is -0.322. The third-order valence-corrected chi connectivity index (χ3v) is 4.33. The van der Waals surface area contributed by atoms with Crippen LogP contribution in [0.3, 0.4) is 0 Å². The Bertz CT molecular complexity index is 1060. The Balaban J connectivity index is 1.34. The van der Waals surface area contributed by atoms with Crippen LogP contribution >= 0.6 is 0 Å². The zero-order chi connectivity index (χ0) is 19.2. The molecule has 1 amide bonds. The Labute approximate surface area is 162 Å². The van der Waals surface area contributed by atoms with Crippen molar-refractivity contribution < 1.29 is 14.4 Å². The molecule has 0 aliphatic heterocycles. The maximum Gasteiger partial charge on any atom is 0.291 e. The molecule has 1 heterocycles. The molecule has 0 saturated carbocycles. The van der Waals surface area contributed by atoms with Gasteiger partial charge in [-0.1, -0.05) is 54.6 Å². The first-order valence-corrected chi connectivity index (χ1v) is 9.08. The fraction of sp³-hybridized carbons (Fsp3) is 0.0870. The highest BCUT2D eigenvalue weighted by Gasteiger charge is 2.10. The van der Waals surface area contributed by atoms with Gasteiger partial charge >= 0.3 is 0 Å². The molecule has 0 radical (unpaired) electrons. The summed E-state index contributed by atoms with van der Waals surface area (Å²) in [5.74, 6) is 0.444. The van der Waals surface area contributed by atoms with Crippen LogP contribution in [-0.2, 0) is 4.84 Å². The smallest absolute Gasteiger partial charge is 0.291 e. The molecule has 1 aromatic heterocycles. The highest BCUT2D eigenvalue weighted by atomic mass is 16.7. The second kappa shape index (κ2) is 8.41. The summed E-state index contributed by atoms with van der Waals surface area (Å²) in [6, 6.07) is 27.5. The summed E-state index contributed by atoms with van der Waals surface area (Å²) < 4.78 is 5.51. The zero-order valence-electron chi connectivity index (χ0n) is 15.2. The van der Waals surface area contributed by atoms with Gasteiger partial charge in [0.2, 0.25) is 0 Å². The summed E-state index contributed by atoms with van der Waals surface area (Å²) >= 11 is 0. The van der Waals surface area contributed by atoms with Crippen molar-refractivity contribution in [3.05, 3.63) is 90.6 Å². The predicted molar refractivity (Wildman–Crippen MR) is 109 cm³/mol. The topological polar surface area (TPSA) is 63.4 Å². The van der Waals surface area contributed by atoms with Gasteiger partial charge in [-0.15, -0.1) is 0 Å². The number of benzene rings is 3. The number of fused-ring (bicyclic) bond motifs is 1. The Morgan fingerprint density at radius 1 is 0.821 bits per heavy atom. The fourth-order valence-corrected chi connectivity index (χ4v) is 2.95. The summed E-state index contributed by atoms with van der Waals surface area (Å²) in [4.78, 5) is 20.6. The van der Waals surface area contributed by atoms with E-state index >= 15 is 0 Å². The molecular formula is C23H20N2O3. The molecule has 140 valence electrons. The van der Waals surface area contributed by atoms with Crippen LogP contribution in [0.5, 0.6) is 5.75 Å². The van der Waals surface area contributed by atoms with Crippen molar-refractivity contribution in [2.75, 3.05) is 13.2 Å². The summed E-state index contributed by atoms with van der Waals surface area (Å²) in [6.07, 6.45) is 0. The van der Waals surface area contributed by atoms with Gasteiger partial charge in [0, 0.05) is 10.9 Å². The molecule has 5 nitrogen and oxygen atoms in total. The number of hydrogen-bond donors (Lipinski definition) is 2. The molecule has 5 heteroatoms. The van der Waals surface area contributed by atoms with Crippen LogP contribution in [0.2, 0.25) is 0 Å². The van der Waals surface area contributed by atoms with Crippen LogP contribution in [0.15, 0.2) is 84.9 Å². The van der Waals surface area contributed by atoms with Crippen LogP contribution in [0.4, 0.5) is 0 Å². The highest BCUT2D eigenvalue weighted by molar-refractivity contribution is 5.98. The maximum absolute atomic E-state index is 12.3. The molecule has 4 rings (SSSR count). The van der Waals surface area contributed by atoms with Gasteiger partial charge < -0.3 is 9.72 Å². The molecule has 28 heavy (non-hydrogen) atoms. The molecule has 0 unspecified atom stereocenters. The molecule has 2 N–H and O–H groups in total. The lowest BCUT2D eigenvalue weighted by molar-refractivity contribution is 0.0197. The van der Waals surface area contributed by atoms with E-state index in [1.165, 1.54) is 0 Å². The van der Waals surface area contributed by atoms with Crippen molar-refractivity contribution in [3.8, 4) is 16.9 Å². The molecular weight excluding hydrogens is 352 g/mol. The second-order valence-corrected chi connectivity index (χ2v) is 6.29. The molecule has 4 aromatic rings. The number of rotatable bonds is 7. The van der Waals surface area contributed by atoms with Crippen molar-refractivity contribution in [1.82, 2.24) is 10.5 Å². The number of H-pyrrole nitrogens is 1. The number of para-hydroxylation sites is 1. The lowest BCUT2D eigenvalue weighted by atomic mass is 10.0. The number of hydroxylamine groups is 1. The first-order valence-electron chi connectivity index (χ1n) is 9.08. The number of carbonyl (C=O) groups excluding carboxylic acids is 1. The quantitative estimate of drug-likeness (QED) is 0.369. The maximum atomic E-state index is 12.3. The van der Waals surface area contributed by atoms with Gasteiger partial charge in [-0.05, 0) is 41.5 Å². The molecule has 0 bridgehead atoms. The van der Waals surface area contributed by atoms with E-state index < -0.39 is 0 Å². The number of carbonyl (C=O) groups is 1. The lowest BCUT2D eigenvalue weighted by Gasteiger charge is -2.07. The van der Waals surface area contributed by atoms with Crippen LogP contribution < -0.4 is 10.2 Å². The van der Waals surface area contributed by atoms with Crippen molar-refractivity contribution in [3.63, 3.8) is 0 Å². The van der Waals surface area contributed by atoms with E-state index in [1.807, 2.05) is 66.7 Å². The van der Waals surface area contributed by atoms with Gasteiger partial charge in [0.15, 0.2) is 0 Å². The molecule has 0 spiro atoms. The Morgan fingerprint density at radius 2 is 1.57 bits per heavy atom. The van der Waals surface area contributed by atoms with Crippen molar-refractivity contribution >= 4 is 16.8 Å². The molecule has 0 aliphatic carbocycles. The van der Waals surface area contributed by atoms with E-state index in [0.717, 1.165) is 27.8 Å². The zero-order valence-corrected chi connectivity index (χ0v) is 15.2. The van der Waals surface area contributed by atoms with Gasteiger partial charge in [0.1, 0.15) is 24.7 Å². The number of aromatic amines is 1. The van der Waals surface area contributed by atoms with E-state index in [9.17, 15) is 4.79 Å². The van der Waals surface area contributed by atoms with Crippen LogP contribution in [0.25, 0.3) is 22.0 Å². The van der Waals surface area contributed by atoms with E-state index in [4.69, 9.17) is 9.57 Å². The minimum Gasteiger partial charge on any atom is -0.491 e. The molecule has 0 atom stereocenters. The lowest BCUT2D eigenvalue weighted by Crippen LogP contribution is -2.26. The van der Waals surface area contributed by atoms with Gasteiger partial charge in [-0.2, -0.15) is 0 Å². The first kappa shape index (κ1) is 17.8. The second-order valence-electron chi connectivity index (χ2n) is 6.29. The fourth-order valence-electron chi connectivity index (χ4n) is 2.95. The average molecular weight is 372 g/mol. The Morgan fingerprint density at radius 3 is 2.36 bits per heavy atom.